The Morgan fingerprint density at radius 3 is 2.62 bits per heavy atom. The normalized spacial score (nSPS) is 10.6. The topological polar surface area (TPSA) is 22.1 Å². The van der Waals surface area contributed by atoms with Crippen LogP contribution >= 0.6 is 11.6 Å². The number of hydrogen-bond acceptors (Lipinski definition) is 2. The molecule has 0 fully saturated rings. The van der Waals surface area contributed by atoms with Crippen LogP contribution < -0.4 is 4.74 Å². The molecule has 2 nitrogen and oxygen atoms in total. The number of pyridine rings is 1. The summed E-state index contributed by atoms with van der Waals surface area (Å²) < 4.78 is 29.2. The van der Waals surface area contributed by atoms with Gasteiger partial charge in [-0.15, -0.1) is 0 Å². The maximum Gasteiger partial charge on any atom is 0.280 e. The molecule has 0 unspecified atom stereocenters. The number of aromatic nitrogens is 1. The van der Waals surface area contributed by atoms with Crippen molar-refractivity contribution in [3.05, 3.63) is 22.3 Å². The number of ether oxygens (including phenoxy) is 1. The van der Waals surface area contributed by atoms with Gasteiger partial charge in [0.15, 0.2) is 0 Å². The Bertz CT molecular complexity index is 317. The summed E-state index contributed by atoms with van der Waals surface area (Å²) in [7, 11) is 1.34. The van der Waals surface area contributed by atoms with Crippen molar-refractivity contribution in [1.82, 2.24) is 4.98 Å². The molecule has 72 valence electrons. The number of hydrogen-bond donors (Lipinski definition) is 0. The second kappa shape index (κ2) is 3.87. The molecule has 1 rings (SSSR count). The first-order valence-electron chi connectivity index (χ1n) is 3.55. The lowest BCUT2D eigenvalue weighted by Gasteiger charge is -2.07. The molecule has 5 heteroatoms. The third-order valence-corrected chi connectivity index (χ3v) is 2.01. The molecule has 0 bridgehead atoms. The van der Waals surface area contributed by atoms with Gasteiger partial charge in [-0.3, -0.25) is 0 Å². The van der Waals surface area contributed by atoms with Gasteiger partial charge >= 0.3 is 0 Å². The van der Waals surface area contributed by atoms with Crippen molar-refractivity contribution in [2.24, 2.45) is 0 Å². The number of methoxy groups -OCH3 is 1. The first kappa shape index (κ1) is 10.2. The fourth-order valence-electron chi connectivity index (χ4n) is 0.900. The van der Waals surface area contributed by atoms with Gasteiger partial charge in [-0.25, -0.2) is 13.8 Å². The number of alkyl halides is 2. The van der Waals surface area contributed by atoms with Crippen molar-refractivity contribution in [2.75, 3.05) is 7.11 Å². The molecule has 0 aliphatic carbocycles. The molecule has 1 aromatic heterocycles. The fraction of sp³-hybridized carbons (Fsp3) is 0.375. The summed E-state index contributed by atoms with van der Waals surface area (Å²) >= 11 is 5.74. The average molecular weight is 208 g/mol. The Labute approximate surface area is 79.5 Å². The molecule has 0 aliphatic heterocycles. The van der Waals surface area contributed by atoms with Crippen molar-refractivity contribution < 1.29 is 13.5 Å². The lowest BCUT2D eigenvalue weighted by molar-refractivity contribution is 0.145. The standard InChI is InChI=1S/C8H8ClF2NO/c1-4-3-5(7(10)11)12-8(13-2)6(4)9/h3,7H,1-2H3. The summed E-state index contributed by atoms with van der Waals surface area (Å²) in [5, 5.41) is 0.270. The molecule has 0 aliphatic rings. The summed E-state index contributed by atoms with van der Waals surface area (Å²) in [6.07, 6.45) is -2.61. The summed E-state index contributed by atoms with van der Waals surface area (Å²) in [6.45, 7) is 1.62. The molecule has 0 amide bonds. The largest absolute Gasteiger partial charge is 0.480 e. The maximum atomic E-state index is 12.2. The Kier molecular flexibility index (Phi) is 3.03. The van der Waals surface area contributed by atoms with E-state index in [1.54, 1.807) is 6.92 Å². The minimum Gasteiger partial charge on any atom is -0.480 e. The maximum absolute atomic E-state index is 12.2. The highest BCUT2D eigenvalue weighted by molar-refractivity contribution is 6.32. The van der Waals surface area contributed by atoms with Gasteiger partial charge in [-0.2, -0.15) is 0 Å². The first-order valence-corrected chi connectivity index (χ1v) is 3.93. The molecule has 1 aromatic rings. The van der Waals surface area contributed by atoms with Crippen LogP contribution in [0.3, 0.4) is 0 Å². The van der Waals surface area contributed by atoms with Gasteiger partial charge < -0.3 is 4.74 Å². The Hall–Kier alpha value is -0.900. The van der Waals surface area contributed by atoms with Gasteiger partial charge in [-0.1, -0.05) is 11.6 Å². The van der Waals surface area contributed by atoms with Crippen molar-refractivity contribution in [2.45, 2.75) is 13.3 Å². The van der Waals surface area contributed by atoms with Crippen molar-refractivity contribution >= 4 is 11.6 Å². The van der Waals surface area contributed by atoms with E-state index < -0.39 is 6.43 Å². The minimum atomic E-state index is -2.61. The van der Waals surface area contributed by atoms with Crippen LogP contribution in [-0.2, 0) is 0 Å². The average Bonchev–Trinajstić information content (AvgIpc) is 2.09. The van der Waals surface area contributed by atoms with E-state index in [0.29, 0.717) is 5.56 Å². The quantitative estimate of drug-likeness (QED) is 0.744. The molecule has 0 saturated heterocycles. The van der Waals surface area contributed by atoms with E-state index in [4.69, 9.17) is 16.3 Å². The van der Waals surface area contributed by atoms with Crippen LogP contribution in [0.4, 0.5) is 8.78 Å². The van der Waals surface area contributed by atoms with Crippen LogP contribution in [0.2, 0.25) is 5.02 Å². The smallest absolute Gasteiger partial charge is 0.280 e. The molecule has 0 atom stereocenters. The number of halogens is 3. The van der Waals surface area contributed by atoms with E-state index in [0.717, 1.165) is 0 Å². The van der Waals surface area contributed by atoms with Crippen LogP contribution in [0.5, 0.6) is 5.88 Å². The van der Waals surface area contributed by atoms with Crippen molar-refractivity contribution in [3.8, 4) is 5.88 Å². The van der Waals surface area contributed by atoms with Gasteiger partial charge in [0, 0.05) is 0 Å². The predicted molar refractivity (Wildman–Crippen MR) is 45.5 cm³/mol. The van der Waals surface area contributed by atoms with E-state index >= 15 is 0 Å². The predicted octanol–water partition coefficient (Wildman–Crippen LogP) is 2.99. The van der Waals surface area contributed by atoms with E-state index in [-0.39, 0.29) is 16.6 Å². The highest BCUT2D eigenvalue weighted by Crippen LogP contribution is 2.29. The second-order valence-electron chi connectivity index (χ2n) is 2.49. The molecule has 0 saturated carbocycles. The van der Waals surface area contributed by atoms with Crippen LogP contribution in [0.15, 0.2) is 6.07 Å². The van der Waals surface area contributed by atoms with Crippen LogP contribution in [0.25, 0.3) is 0 Å². The summed E-state index contributed by atoms with van der Waals surface area (Å²) in [5.41, 5.74) is 0.211. The second-order valence-corrected chi connectivity index (χ2v) is 2.87. The van der Waals surface area contributed by atoms with Crippen LogP contribution in [0.1, 0.15) is 17.7 Å². The molecular weight excluding hydrogens is 200 g/mol. The molecule has 1 heterocycles. The summed E-state index contributed by atoms with van der Waals surface area (Å²) in [6, 6.07) is 1.25. The lowest BCUT2D eigenvalue weighted by Crippen LogP contribution is -1.97. The minimum absolute atomic E-state index is 0.0389. The zero-order chi connectivity index (χ0) is 10.0. The van der Waals surface area contributed by atoms with E-state index in [2.05, 4.69) is 4.98 Å². The third kappa shape index (κ3) is 2.06. The Morgan fingerprint density at radius 2 is 2.15 bits per heavy atom. The molecule has 0 aromatic carbocycles. The molecular formula is C8H8ClF2NO. The SMILES string of the molecule is COc1nc(C(F)F)cc(C)c1Cl. The molecule has 13 heavy (non-hydrogen) atoms. The third-order valence-electron chi connectivity index (χ3n) is 1.55. The van der Waals surface area contributed by atoms with Gasteiger partial charge in [0.2, 0.25) is 5.88 Å². The van der Waals surface area contributed by atoms with E-state index in [1.807, 2.05) is 0 Å². The van der Waals surface area contributed by atoms with Crippen LogP contribution in [0, 0.1) is 6.92 Å². The highest BCUT2D eigenvalue weighted by Gasteiger charge is 2.14. The first-order chi connectivity index (χ1) is 6.06. The van der Waals surface area contributed by atoms with Gasteiger partial charge in [0.05, 0.1) is 7.11 Å². The van der Waals surface area contributed by atoms with Gasteiger partial charge in [0.25, 0.3) is 6.43 Å². The van der Waals surface area contributed by atoms with Crippen molar-refractivity contribution in [1.29, 1.82) is 0 Å². The van der Waals surface area contributed by atoms with Gasteiger partial charge in [-0.05, 0) is 18.6 Å². The van der Waals surface area contributed by atoms with E-state index in [1.165, 1.54) is 13.2 Å². The van der Waals surface area contributed by atoms with Crippen molar-refractivity contribution in [3.63, 3.8) is 0 Å². The Morgan fingerprint density at radius 1 is 1.54 bits per heavy atom. The Balaban J connectivity index is 3.22. The number of rotatable bonds is 2. The summed E-state index contributed by atoms with van der Waals surface area (Å²) in [5.74, 6) is 0.0389. The number of aryl methyl sites for hydroxylation is 1. The molecule has 0 spiro atoms. The molecule has 0 N–H and O–H groups in total. The van der Waals surface area contributed by atoms with Gasteiger partial charge in [0.1, 0.15) is 10.7 Å². The highest BCUT2D eigenvalue weighted by atomic mass is 35.5. The number of nitrogens with zero attached hydrogens (tertiary/aromatic N) is 1. The lowest BCUT2D eigenvalue weighted by atomic mass is 10.2. The zero-order valence-corrected chi connectivity index (χ0v) is 7.90. The molecule has 0 radical (unpaired) electrons. The monoisotopic (exact) mass is 207 g/mol. The van der Waals surface area contributed by atoms with E-state index in [9.17, 15) is 8.78 Å². The fourth-order valence-corrected chi connectivity index (χ4v) is 1.07. The van der Waals surface area contributed by atoms with Crippen LogP contribution in [-0.4, -0.2) is 12.1 Å². The zero-order valence-electron chi connectivity index (χ0n) is 7.14. The summed E-state index contributed by atoms with van der Waals surface area (Å²) in [4.78, 5) is 3.55.